The van der Waals surface area contributed by atoms with Crippen molar-refractivity contribution in [3.05, 3.63) is 109 Å². The molecule has 3 aromatic carbocycles. The van der Waals surface area contributed by atoms with Gasteiger partial charge in [0.25, 0.3) is 5.56 Å². The maximum absolute atomic E-state index is 13.4. The Bertz CT molecular complexity index is 1710. The molecule has 0 aliphatic carbocycles. The molecule has 5 rings (SSSR count). The lowest BCUT2D eigenvalue weighted by Crippen LogP contribution is -2.45. The third-order valence-electron chi connectivity index (χ3n) is 7.28. The third-order valence-corrected chi connectivity index (χ3v) is 7.83. The van der Waals surface area contributed by atoms with Crippen molar-refractivity contribution in [1.29, 1.82) is 5.26 Å². The number of nitrogens with one attached hydrogen (secondary N) is 1. The van der Waals surface area contributed by atoms with Gasteiger partial charge in [0.05, 0.1) is 11.3 Å². The number of halogens is 5. The van der Waals surface area contributed by atoms with Gasteiger partial charge in [-0.1, -0.05) is 53.5 Å². The minimum absolute atomic E-state index is 0.0709. The highest BCUT2D eigenvalue weighted by Gasteiger charge is 2.31. The number of rotatable bonds is 6. The maximum atomic E-state index is 13.4. The van der Waals surface area contributed by atoms with Crippen LogP contribution in [0.25, 0.3) is 22.4 Å². The van der Waals surface area contributed by atoms with Gasteiger partial charge in [0.15, 0.2) is 0 Å². The molecule has 0 bridgehead atoms. The van der Waals surface area contributed by atoms with Crippen molar-refractivity contribution in [3.63, 3.8) is 0 Å². The van der Waals surface area contributed by atoms with Crippen molar-refractivity contribution in [2.45, 2.75) is 19.3 Å². The summed E-state index contributed by atoms with van der Waals surface area (Å²) in [6.45, 7) is 4.46. The van der Waals surface area contributed by atoms with E-state index in [1.807, 2.05) is 18.2 Å². The van der Waals surface area contributed by atoms with Gasteiger partial charge in [-0.15, -0.1) is 0 Å². The fourth-order valence-corrected chi connectivity index (χ4v) is 5.57. The van der Waals surface area contributed by atoms with E-state index in [4.69, 9.17) is 23.2 Å². The number of nitrogens with zero attached hydrogens (tertiary/aromatic N) is 3. The van der Waals surface area contributed by atoms with Gasteiger partial charge in [-0.3, -0.25) is 14.6 Å². The van der Waals surface area contributed by atoms with Crippen molar-refractivity contribution in [3.8, 4) is 34.2 Å². The van der Waals surface area contributed by atoms with Crippen LogP contribution < -0.4 is 5.56 Å². The average Bonchev–Trinajstić information content (AvgIpc) is 2.95. The lowest BCUT2D eigenvalue weighted by Gasteiger charge is -2.35. The molecule has 0 saturated carbocycles. The predicted octanol–water partition coefficient (Wildman–Crippen LogP) is 6.93. The first kappa shape index (κ1) is 29.7. The van der Waals surface area contributed by atoms with Crippen molar-refractivity contribution < 1.29 is 18.3 Å². The normalized spacial score (nSPS) is 14.6. The first-order chi connectivity index (χ1) is 20.0. The molecule has 1 saturated heterocycles. The number of phenols is 1. The summed E-state index contributed by atoms with van der Waals surface area (Å²) in [5.74, 6) is -0.132. The number of aromatic amines is 1. The van der Waals surface area contributed by atoms with E-state index < -0.39 is 22.9 Å². The molecular formula is C31H25Cl2F3N4O2. The van der Waals surface area contributed by atoms with E-state index in [-0.39, 0.29) is 33.2 Å². The molecule has 1 fully saturated rings. The first-order valence-electron chi connectivity index (χ1n) is 13.1. The van der Waals surface area contributed by atoms with Crippen LogP contribution in [0, 0.1) is 11.3 Å². The Kier molecular flexibility index (Phi) is 8.62. The molecule has 2 heterocycles. The zero-order valence-electron chi connectivity index (χ0n) is 22.2. The van der Waals surface area contributed by atoms with E-state index in [1.54, 1.807) is 12.1 Å². The summed E-state index contributed by atoms with van der Waals surface area (Å²) < 4.78 is 40.3. The number of piperazine rings is 1. The molecule has 216 valence electrons. The number of hydrogen-bond acceptors (Lipinski definition) is 5. The molecule has 0 atom stereocenters. The van der Waals surface area contributed by atoms with Crippen molar-refractivity contribution in [2.24, 2.45) is 0 Å². The molecule has 0 unspecified atom stereocenters. The molecule has 2 N–H and O–H groups in total. The highest BCUT2D eigenvalue weighted by Crippen LogP contribution is 2.40. The van der Waals surface area contributed by atoms with Gasteiger partial charge < -0.3 is 10.1 Å². The number of aromatic nitrogens is 1. The van der Waals surface area contributed by atoms with Crippen molar-refractivity contribution in [1.82, 2.24) is 14.8 Å². The van der Waals surface area contributed by atoms with Crippen LogP contribution in [0.1, 0.15) is 22.3 Å². The Morgan fingerprint density at radius 3 is 2.19 bits per heavy atom. The SMILES string of the molecule is N#Cc1c(-c2cc(C(F)(F)F)ccc2Cl)cc(-c2cc(Cl)cc(CN3CCN(Cc4ccccc4)CC3)c2O)[nH]c1=O. The van der Waals surface area contributed by atoms with Crippen LogP contribution in [-0.4, -0.2) is 46.1 Å². The lowest BCUT2D eigenvalue weighted by molar-refractivity contribution is -0.137. The molecule has 6 nitrogen and oxygen atoms in total. The highest BCUT2D eigenvalue weighted by atomic mass is 35.5. The number of nitriles is 1. The summed E-state index contributed by atoms with van der Waals surface area (Å²) >= 11 is 12.7. The number of benzene rings is 3. The fraction of sp³-hybridized carbons (Fsp3) is 0.226. The Labute approximate surface area is 250 Å². The summed E-state index contributed by atoms with van der Waals surface area (Å²) in [6.07, 6.45) is -4.66. The topological polar surface area (TPSA) is 83.4 Å². The summed E-state index contributed by atoms with van der Waals surface area (Å²) in [7, 11) is 0. The quantitative estimate of drug-likeness (QED) is 0.247. The molecule has 1 aliphatic rings. The van der Waals surface area contributed by atoms with E-state index in [0.29, 0.717) is 17.1 Å². The number of phenolic OH excluding ortho intramolecular Hbond substituents is 1. The van der Waals surface area contributed by atoms with Gasteiger partial charge in [-0.05, 0) is 42.0 Å². The number of pyridine rings is 1. The van der Waals surface area contributed by atoms with Crippen LogP contribution in [0.15, 0.2) is 71.5 Å². The Morgan fingerprint density at radius 1 is 0.881 bits per heavy atom. The zero-order chi connectivity index (χ0) is 30.0. The van der Waals surface area contributed by atoms with E-state index in [0.717, 1.165) is 50.9 Å². The molecule has 42 heavy (non-hydrogen) atoms. The van der Waals surface area contributed by atoms with E-state index in [2.05, 4.69) is 26.9 Å². The molecule has 0 amide bonds. The molecule has 4 aromatic rings. The summed E-state index contributed by atoms with van der Waals surface area (Å²) in [5, 5.41) is 21.1. The van der Waals surface area contributed by atoms with Gasteiger partial charge in [-0.25, -0.2) is 0 Å². The van der Waals surface area contributed by atoms with Gasteiger partial charge in [0.1, 0.15) is 17.4 Å². The molecular weight excluding hydrogens is 588 g/mol. The number of H-pyrrole nitrogens is 1. The number of aromatic hydroxyl groups is 1. The molecule has 0 radical (unpaired) electrons. The van der Waals surface area contributed by atoms with Gasteiger partial charge in [-0.2, -0.15) is 18.4 Å². The van der Waals surface area contributed by atoms with E-state index in [9.17, 15) is 28.3 Å². The standard InChI is InChI=1S/C31H25Cl2F3N4O2/c32-22-12-20(18-40-10-8-39(9-11-40)17-19-4-2-1-3-5-19)29(41)25(14-22)28-15-23(26(16-37)30(42)38-28)24-13-21(31(34,35)36)6-7-27(24)33/h1-7,12-15,41H,8-11,17-18H2,(H,38,42). The largest absolute Gasteiger partial charge is 0.507 e. The monoisotopic (exact) mass is 612 g/mol. The molecule has 11 heteroatoms. The van der Waals surface area contributed by atoms with Crippen LogP contribution in [0.4, 0.5) is 13.2 Å². The Hall–Kier alpha value is -3.81. The first-order valence-corrected chi connectivity index (χ1v) is 13.8. The van der Waals surface area contributed by atoms with Gasteiger partial charge >= 0.3 is 6.18 Å². The van der Waals surface area contributed by atoms with Crippen LogP contribution >= 0.6 is 23.2 Å². The van der Waals surface area contributed by atoms with E-state index >= 15 is 0 Å². The van der Waals surface area contributed by atoms with Crippen molar-refractivity contribution in [2.75, 3.05) is 26.2 Å². The zero-order valence-corrected chi connectivity index (χ0v) is 23.7. The second-order valence-electron chi connectivity index (χ2n) is 10.1. The lowest BCUT2D eigenvalue weighted by atomic mass is 9.96. The summed E-state index contributed by atoms with van der Waals surface area (Å²) in [6, 6.07) is 19.1. The maximum Gasteiger partial charge on any atom is 0.416 e. The van der Waals surface area contributed by atoms with Gasteiger partial charge in [0.2, 0.25) is 0 Å². The van der Waals surface area contributed by atoms with Gasteiger partial charge in [0, 0.05) is 71.6 Å². The minimum atomic E-state index is -4.66. The number of hydrogen-bond donors (Lipinski definition) is 2. The second kappa shape index (κ2) is 12.2. The van der Waals surface area contributed by atoms with Crippen LogP contribution in [0.2, 0.25) is 10.0 Å². The molecule has 1 aromatic heterocycles. The smallest absolute Gasteiger partial charge is 0.416 e. The predicted molar refractivity (Wildman–Crippen MR) is 156 cm³/mol. The average molecular weight is 613 g/mol. The third kappa shape index (κ3) is 6.48. The van der Waals surface area contributed by atoms with Crippen LogP contribution in [-0.2, 0) is 19.3 Å². The fourth-order valence-electron chi connectivity index (χ4n) is 5.11. The Morgan fingerprint density at radius 2 is 1.55 bits per heavy atom. The van der Waals surface area contributed by atoms with Crippen LogP contribution in [0.5, 0.6) is 5.75 Å². The van der Waals surface area contributed by atoms with E-state index in [1.165, 1.54) is 17.7 Å². The summed E-state index contributed by atoms with van der Waals surface area (Å²) in [5.41, 5.74) is -0.438. The second-order valence-corrected chi connectivity index (χ2v) is 10.9. The summed E-state index contributed by atoms with van der Waals surface area (Å²) in [4.78, 5) is 20.0. The Balaban J connectivity index is 1.45. The highest BCUT2D eigenvalue weighted by molar-refractivity contribution is 6.33. The van der Waals surface area contributed by atoms with Crippen molar-refractivity contribution >= 4 is 23.2 Å². The van der Waals surface area contributed by atoms with Crippen LogP contribution in [0.3, 0.4) is 0 Å². The molecule has 1 aliphatic heterocycles. The minimum Gasteiger partial charge on any atom is -0.507 e. The number of alkyl halides is 3. The molecule has 0 spiro atoms.